The van der Waals surface area contributed by atoms with Crippen molar-refractivity contribution in [2.75, 3.05) is 0 Å². The van der Waals surface area contributed by atoms with E-state index >= 15 is 0 Å². The van der Waals surface area contributed by atoms with Crippen LogP contribution in [0.3, 0.4) is 0 Å². The van der Waals surface area contributed by atoms with Gasteiger partial charge in [-0.05, 0) is 158 Å². The lowest BCUT2D eigenvalue weighted by Gasteiger charge is -2.33. The quantitative estimate of drug-likeness (QED) is 0.0191. The maximum Gasteiger partial charge on any atom is 0.514 e. The maximum absolute atomic E-state index is 14.5. The Bertz CT molecular complexity index is 2230. The minimum absolute atomic E-state index is 0.0984. The Morgan fingerprint density at radius 3 is 1.15 bits per heavy atom. The Kier molecular flexibility index (Phi) is 19.9. The van der Waals surface area contributed by atoms with E-state index in [0.29, 0.717) is 22.3 Å². The zero-order valence-corrected chi connectivity index (χ0v) is 45.0. The van der Waals surface area contributed by atoms with Crippen molar-refractivity contribution in [1.82, 2.24) is 0 Å². The van der Waals surface area contributed by atoms with E-state index in [2.05, 4.69) is 59.0 Å². The Balaban J connectivity index is 1.62. The average molecular weight is 1130 g/mol. The molecule has 0 spiro atoms. The number of benzene rings is 4. The van der Waals surface area contributed by atoms with E-state index in [1.807, 2.05) is 84.9 Å². The summed E-state index contributed by atoms with van der Waals surface area (Å²) in [5, 5.41) is 0. The van der Waals surface area contributed by atoms with Gasteiger partial charge in [-0.1, -0.05) is 139 Å². The van der Waals surface area contributed by atoms with E-state index in [0.717, 1.165) is 80.8 Å². The highest BCUT2D eigenvalue weighted by Crippen LogP contribution is 2.55. The molecular weight excluding hydrogens is 1070 g/mol. The molecule has 0 aliphatic heterocycles. The van der Waals surface area contributed by atoms with E-state index in [9.17, 15) is 19.2 Å². The van der Waals surface area contributed by atoms with Crippen LogP contribution < -0.4 is 0 Å². The number of ether oxygens (including phenoxy) is 4. The van der Waals surface area contributed by atoms with Crippen molar-refractivity contribution in [3.8, 4) is 11.1 Å². The second-order valence-corrected chi connectivity index (χ2v) is 22.0. The number of fused-ring (bicyclic) bond motifs is 3. The van der Waals surface area contributed by atoms with Crippen LogP contribution >= 0.6 is 45.2 Å². The molecule has 0 aromatic heterocycles. The van der Waals surface area contributed by atoms with Gasteiger partial charge in [0.25, 0.3) is 0 Å². The van der Waals surface area contributed by atoms with Crippen LogP contribution in [0, 0.1) is 7.14 Å². The van der Waals surface area contributed by atoms with Gasteiger partial charge in [-0.15, -0.1) is 0 Å². The molecule has 358 valence electrons. The number of hydrogen-bond donors (Lipinski definition) is 0. The van der Waals surface area contributed by atoms with Crippen LogP contribution in [0.1, 0.15) is 188 Å². The Hall–Kier alpha value is -4.30. The molecule has 0 unspecified atom stereocenters. The standard InChI is InChI=1S/C57H68I2O8/c1-9-11-13-15-17-19-33-57(34-20-18-16-14-12-10-2)47-35-41(49(60)37-51(39-21-27-43(58)28-22-39)64-53(62)66-55(3,4)5)25-31-45(47)46-32-26-42(36-48(46)57)50(61)38-52(40-23-29-44(59)30-24-40)65-54(63)67-56(6,7)8/h21-32,35-38H,9-20,33-34H2,1-8H3/b51-37+,52-38+. The van der Waals surface area contributed by atoms with Crippen molar-refractivity contribution in [3.63, 3.8) is 0 Å². The van der Waals surface area contributed by atoms with Gasteiger partial charge in [0.2, 0.25) is 0 Å². The SMILES string of the molecule is CCCCCCCCC1(CCCCCCCC)c2cc(C(=O)/C=C(/OC(=O)OC(C)(C)C)c3ccc(I)cc3)ccc2-c2ccc(C(=O)/C=C(/OC(=O)OC(C)(C)C)c3ccc(I)cc3)cc21. The zero-order valence-electron chi connectivity index (χ0n) is 40.7. The van der Waals surface area contributed by atoms with Crippen molar-refractivity contribution >= 4 is 80.6 Å². The minimum atomic E-state index is -0.895. The van der Waals surface area contributed by atoms with Crippen LogP contribution in [-0.2, 0) is 24.4 Å². The summed E-state index contributed by atoms with van der Waals surface area (Å²) in [6.07, 6.45) is 16.2. The van der Waals surface area contributed by atoms with E-state index in [-0.39, 0.29) is 23.1 Å². The first-order valence-electron chi connectivity index (χ1n) is 24.0. The first kappa shape index (κ1) is 53.7. The smallest absolute Gasteiger partial charge is 0.428 e. The summed E-state index contributed by atoms with van der Waals surface area (Å²) in [7, 11) is 0. The summed E-state index contributed by atoms with van der Waals surface area (Å²) in [4.78, 5) is 55.0. The van der Waals surface area contributed by atoms with Crippen molar-refractivity contribution in [2.24, 2.45) is 0 Å². The zero-order chi connectivity index (χ0) is 48.8. The number of hydrogen-bond acceptors (Lipinski definition) is 8. The molecule has 4 aromatic carbocycles. The number of ketones is 2. The van der Waals surface area contributed by atoms with Crippen LogP contribution in [0.2, 0.25) is 0 Å². The highest BCUT2D eigenvalue weighted by Gasteiger charge is 2.43. The molecule has 10 heteroatoms. The topological polar surface area (TPSA) is 105 Å². The van der Waals surface area contributed by atoms with Gasteiger partial charge in [0.1, 0.15) is 22.7 Å². The van der Waals surface area contributed by atoms with E-state index < -0.39 is 28.9 Å². The Labute approximate surface area is 426 Å². The highest BCUT2D eigenvalue weighted by atomic mass is 127. The fourth-order valence-electron chi connectivity index (χ4n) is 8.58. The monoisotopic (exact) mass is 1130 g/mol. The molecule has 5 rings (SSSR count). The van der Waals surface area contributed by atoms with Crippen LogP contribution in [0.25, 0.3) is 22.6 Å². The summed E-state index contributed by atoms with van der Waals surface area (Å²) >= 11 is 4.42. The number of carbonyl (C=O) groups excluding carboxylic acids is 4. The fraction of sp³-hybridized carbons (Fsp3) is 0.439. The van der Waals surface area contributed by atoms with Gasteiger partial charge < -0.3 is 18.9 Å². The molecule has 0 heterocycles. The summed E-state index contributed by atoms with van der Waals surface area (Å²) < 4.78 is 24.5. The molecule has 0 atom stereocenters. The molecule has 67 heavy (non-hydrogen) atoms. The predicted octanol–water partition coefficient (Wildman–Crippen LogP) is 17.0. The van der Waals surface area contributed by atoms with Gasteiger partial charge in [0.05, 0.1) is 0 Å². The first-order valence-corrected chi connectivity index (χ1v) is 26.1. The molecule has 0 saturated heterocycles. The van der Waals surface area contributed by atoms with Crippen LogP contribution in [0.5, 0.6) is 0 Å². The molecule has 8 nitrogen and oxygen atoms in total. The van der Waals surface area contributed by atoms with Gasteiger partial charge in [-0.3, -0.25) is 9.59 Å². The molecule has 0 fully saturated rings. The van der Waals surface area contributed by atoms with Crippen molar-refractivity contribution in [2.45, 2.75) is 162 Å². The normalized spacial score (nSPS) is 13.4. The van der Waals surface area contributed by atoms with E-state index in [4.69, 9.17) is 18.9 Å². The molecule has 1 aliphatic rings. The molecule has 0 saturated carbocycles. The fourth-order valence-corrected chi connectivity index (χ4v) is 9.30. The third-order valence-corrected chi connectivity index (χ3v) is 13.2. The molecule has 0 N–H and O–H groups in total. The van der Waals surface area contributed by atoms with Crippen molar-refractivity contribution in [1.29, 1.82) is 0 Å². The number of unbranched alkanes of at least 4 members (excludes halogenated alkanes) is 10. The average Bonchev–Trinajstić information content (AvgIpc) is 3.52. The third-order valence-electron chi connectivity index (χ3n) is 11.8. The molecule has 0 amide bonds. The second-order valence-electron chi connectivity index (χ2n) is 19.5. The van der Waals surface area contributed by atoms with Crippen LogP contribution in [0.15, 0.2) is 97.1 Å². The largest absolute Gasteiger partial charge is 0.514 e. The lowest BCUT2D eigenvalue weighted by molar-refractivity contribution is 0.0134. The highest BCUT2D eigenvalue weighted by molar-refractivity contribution is 14.1. The lowest BCUT2D eigenvalue weighted by Crippen LogP contribution is -2.26. The molecule has 1 aliphatic carbocycles. The van der Waals surface area contributed by atoms with Gasteiger partial charge in [-0.2, -0.15) is 0 Å². The van der Waals surface area contributed by atoms with Crippen LogP contribution in [-0.4, -0.2) is 35.1 Å². The first-order chi connectivity index (χ1) is 31.8. The van der Waals surface area contributed by atoms with Crippen molar-refractivity contribution in [3.05, 3.63) is 138 Å². The Morgan fingerprint density at radius 2 is 0.806 bits per heavy atom. The van der Waals surface area contributed by atoms with Crippen LogP contribution in [0.4, 0.5) is 9.59 Å². The molecular formula is C57H68I2O8. The minimum Gasteiger partial charge on any atom is -0.428 e. The number of carbonyl (C=O) groups is 4. The van der Waals surface area contributed by atoms with Crippen molar-refractivity contribution < 1.29 is 38.1 Å². The van der Waals surface area contributed by atoms with Gasteiger partial charge >= 0.3 is 12.3 Å². The second kappa shape index (κ2) is 24.8. The van der Waals surface area contributed by atoms with E-state index in [1.165, 1.54) is 50.7 Å². The van der Waals surface area contributed by atoms with E-state index in [1.54, 1.807) is 41.5 Å². The number of halogens is 2. The molecule has 0 radical (unpaired) electrons. The number of rotatable bonds is 22. The lowest BCUT2D eigenvalue weighted by atomic mass is 9.70. The maximum atomic E-state index is 14.5. The summed E-state index contributed by atoms with van der Waals surface area (Å²) in [6.45, 7) is 15.0. The predicted molar refractivity (Wildman–Crippen MR) is 286 cm³/mol. The summed E-state index contributed by atoms with van der Waals surface area (Å²) in [5.74, 6) is -0.418. The molecule has 0 bridgehead atoms. The van der Waals surface area contributed by atoms with Gasteiger partial charge in [-0.25, -0.2) is 9.59 Å². The Morgan fingerprint density at radius 1 is 0.478 bits per heavy atom. The third kappa shape index (κ3) is 15.9. The molecule has 4 aromatic rings. The summed E-state index contributed by atoms with van der Waals surface area (Å²) in [6, 6.07) is 26.7. The summed E-state index contributed by atoms with van der Waals surface area (Å²) in [5.41, 5.74) is 4.23. The van der Waals surface area contributed by atoms with Gasteiger partial charge in [0.15, 0.2) is 11.6 Å². The van der Waals surface area contributed by atoms with Gasteiger partial charge in [0, 0.05) is 47.0 Å². The number of allylic oxidation sites excluding steroid dienone is 2.